The summed E-state index contributed by atoms with van der Waals surface area (Å²) in [4.78, 5) is 17.1. The molecule has 0 unspecified atom stereocenters. The summed E-state index contributed by atoms with van der Waals surface area (Å²) < 4.78 is 0. The first-order chi connectivity index (χ1) is 8.77. The molecule has 1 aliphatic heterocycles. The number of carbonyl (C=O) groups is 1. The van der Waals surface area contributed by atoms with Crippen molar-refractivity contribution in [1.82, 2.24) is 10.8 Å². The second-order valence-corrected chi connectivity index (χ2v) is 3.82. The summed E-state index contributed by atoms with van der Waals surface area (Å²) in [5.41, 5.74) is 3.80. The molecule has 5 nitrogen and oxygen atoms in total. The fourth-order valence-corrected chi connectivity index (χ4v) is 1.66. The first kappa shape index (κ1) is 12.0. The van der Waals surface area contributed by atoms with Crippen molar-refractivity contribution in [3.8, 4) is 11.8 Å². The van der Waals surface area contributed by atoms with E-state index in [0.29, 0.717) is 18.0 Å². The topological polar surface area (TPSA) is 74.2 Å². The average molecular weight is 243 g/mol. The van der Waals surface area contributed by atoms with Gasteiger partial charge in [0.2, 0.25) is 0 Å². The number of nitriles is 1. The van der Waals surface area contributed by atoms with E-state index in [1.807, 2.05) is 25.1 Å². The molecule has 18 heavy (non-hydrogen) atoms. The summed E-state index contributed by atoms with van der Waals surface area (Å²) in [6.07, 6.45) is 0.820. The molecule has 0 spiro atoms. The highest BCUT2D eigenvalue weighted by Crippen LogP contribution is 2.31. The van der Waals surface area contributed by atoms with Gasteiger partial charge in [0.25, 0.3) is 5.91 Å². The van der Waals surface area contributed by atoms with Gasteiger partial charge in [-0.15, -0.1) is 0 Å². The number of hydrogen-bond donors (Lipinski definition) is 2. The van der Waals surface area contributed by atoms with Gasteiger partial charge in [-0.25, -0.2) is 5.48 Å². The van der Waals surface area contributed by atoms with Crippen LogP contribution in [0.1, 0.15) is 18.9 Å². The molecule has 0 aromatic heterocycles. The first-order valence-electron chi connectivity index (χ1n) is 5.72. The predicted octanol–water partition coefficient (Wildman–Crippen LogP) is 1.34. The number of para-hydroxylation sites is 1. The number of benzene rings is 1. The third-order valence-electron chi connectivity index (χ3n) is 2.54. The molecule has 1 amide bonds. The Morgan fingerprint density at radius 2 is 2.28 bits per heavy atom. The standard InChI is InChI=1S/C13H13N3O2/c1-2-7-15-13(17)10(8-14)12-9-5-3-4-6-11(9)18-16-12/h3-6,16H,2,7H2,1H3,(H,15,17). The summed E-state index contributed by atoms with van der Waals surface area (Å²) >= 11 is 0. The highest BCUT2D eigenvalue weighted by molar-refractivity contribution is 6.05. The normalized spacial score (nSPS) is 14.9. The molecule has 2 rings (SSSR count). The highest BCUT2D eigenvalue weighted by atomic mass is 16.7. The number of fused-ring (bicyclic) bond motifs is 1. The Balaban J connectivity index is 2.35. The summed E-state index contributed by atoms with van der Waals surface area (Å²) in [6, 6.07) is 9.15. The van der Waals surface area contributed by atoms with Crippen molar-refractivity contribution in [2.24, 2.45) is 0 Å². The third kappa shape index (κ3) is 2.13. The van der Waals surface area contributed by atoms with E-state index in [1.165, 1.54) is 0 Å². The lowest BCUT2D eigenvalue weighted by atomic mass is 10.1. The fourth-order valence-electron chi connectivity index (χ4n) is 1.66. The van der Waals surface area contributed by atoms with E-state index in [0.717, 1.165) is 12.0 Å². The number of rotatable bonds is 3. The zero-order valence-corrected chi connectivity index (χ0v) is 9.99. The van der Waals surface area contributed by atoms with Crippen molar-refractivity contribution in [3.63, 3.8) is 0 Å². The van der Waals surface area contributed by atoms with Crippen LogP contribution in [0.15, 0.2) is 29.8 Å². The monoisotopic (exact) mass is 243 g/mol. The van der Waals surface area contributed by atoms with Crippen LogP contribution in [0.4, 0.5) is 0 Å². The van der Waals surface area contributed by atoms with Crippen molar-refractivity contribution in [3.05, 3.63) is 35.4 Å². The molecule has 2 N–H and O–H groups in total. The average Bonchev–Trinajstić information content (AvgIpc) is 2.81. The Labute approximate surface area is 105 Å². The van der Waals surface area contributed by atoms with Gasteiger partial charge in [0, 0.05) is 12.1 Å². The highest BCUT2D eigenvalue weighted by Gasteiger charge is 2.24. The van der Waals surface area contributed by atoms with Gasteiger partial charge in [-0.1, -0.05) is 19.1 Å². The number of nitrogens with zero attached hydrogens (tertiary/aromatic N) is 1. The molecule has 0 atom stereocenters. The van der Waals surface area contributed by atoms with Crippen LogP contribution in [0.25, 0.3) is 5.70 Å². The Hall–Kier alpha value is -2.48. The van der Waals surface area contributed by atoms with E-state index in [4.69, 9.17) is 10.1 Å². The van der Waals surface area contributed by atoms with E-state index in [1.54, 1.807) is 12.1 Å². The maximum absolute atomic E-state index is 11.8. The van der Waals surface area contributed by atoms with Gasteiger partial charge in [-0.2, -0.15) is 5.26 Å². The zero-order valence-electron chi connectivity index (χ0n) is 9.99. The van der Waals surface area contributed by atoms with Crippen LogP contribution in [0.3, 0.4) is 0 Å². The molecule has 0 fully saturated rings. The molecule has 0 radical (unpaired) electrons. The molecule has 92 valence electrons. The number of amides is 1. The van der Waals surface area contributed by atoms with Crippen molar-refractivity contribution >= 4 is 11.6 Å². The number of nitrogens with one attached hydrogen (secondary N) is 2. The van der Waals surface area contributed by atoms with Crippen molar-refractivity contribution < 1.29 is 9.63 Å². The third-order valence-corrected chi connectivity index (χ3v) is 2.54. The summed E-state index contributed by atoms with van der Waals surface area (Å²) in [6.45, 7) is 2.49. The van der Waals surface area contributed by atoms with E-state index >= 15 is 0 Å². The molecular formula is C13H13N3O2. The summed E-state index contributed by atoms with van der Waals surface area (Å²) in [5.74, 6) is 0.227. The Bertz CT molecular complexity index is 543. The van der Waals surface area contributed by atoms with Gasteiger partial charge in [-0.3, -0.25) is 4.79 Å². The van der Waals surface area contributed by atoms with Crippen LogP contribution in [-0.2, 0) is 4.79 Å². The van der Waals surface area contributed by atoms with Gasteiger partial charge < -0.3 is 10.2 Å². The maximum Gasteiger partial charge on any atom is 0.264 e. The first-order valence-corrected chi connectivity index (χ1v) is 5.72. The lowest BCUT2D eigenvalue weighted by Crippen LogP contribution is -2.27. The molecule has 5 heteroatoms. The van der Waals surface area contributed by atoms with E-state index in [9.17, 15) is 4.79 Å². The van der Waals surface area contributed by atoms with Crippen LogP contribution in [0, 0.1) is 11.3 Å². The van der Waals surface area contributed by atoms with Crippen molar-refractivity contribution in [2.75, 3.05) is 6.54 Å². The molecule has 1 aromatic carbocycles. The minimum Gasteiger partial charge on any atom is -0.381 e. The summed E-state index contributed by atoms with van der Waals surface area (Å²) in [5, 5.41) is 11.8. The Morgan fingerprint density at radius 3 is 3.00 bits per heavy atom. The maximum atomic E-state index is 11.8. The molecule has 0 saturated heterocycles. The smallest absolute Gasteiger partial charge is 0.264 e. The lowest BCUT2D eigenvalue weighted by molar-refractivity contribution is -0.117. The molecule has 0 aliphatic carbocycles. The van der Waals surface area contributed by atoms with Crippen LogP contribution in [-0.4, -0.2) is 12.5 Å². The minimum atomic E-state index is -0.387. The Kier molecular flexibility index (Phi) is 3.49. The lowest BCUT2D eigenvalue weighted by Gasteiger charge is -2.04. The number of carbonyl (C=O) groups excluding carboxylic acids is 1. The quantitative estimate of drug-likeness (QED) is 0.620. The van der Waals surface area contributed by atoms with Crippen molar-refractivity contribution in [2.45, 2.75) is 13.3 Å². The van der Waals surface area contributed by atoms with Gasteiger partial charge >= 0.3 is 0 Å². The fraction of sp³-hybridized carbons (Fsp3) is 0.231. The van der Waals surface area contributed by atoms with Crippen LogP contribution in [0.2, 0.25) is 0 Å². The molecule has 1 aromatic rings. The largest absolute Gasteiger partial charge is 0.381 e. The predicted molar refractivity (Wildman–Crippen MR) is 66.0 cm³/mol. The molecule has 1 aliphatic rings. The molecule has 1 heterocycles. The number of hydrogen-bond acceptors (Lipinski definition) is 4. The van der Waals surface area contributed by atoms with E-state index in [-0.39, 0.29) is 11.5 Å². The molecule has 0 saturated carbocycles. The van der Waals surface area contributed by atoms with Gasteiger partial charge in [0.15, 0.2) is 5.75 Å². The van der Waals surface area contributed by atoms with Crippen LogP contribution < -0.4 is 15.6 Å². The second-order valence-electron chi connectivity index (χ2n) is 3.82. The van der Waals surface area contributed by atoms with E-state index < -0.39 is 0 Å². The van der Waals surface area contributed by atoms with Gasteiger partial charge in [0.05, 0.1) is 0 Å². The van der Waals surface area contributed by atoms with Crippen LogP contribution >= 0.6 is 0 Å². The summed E-state index contributed by atoms with van der Waals surface area (Å²) in [7, 11) is 0. The second kappa shape index (κ2) is 5.23. The van der Waals surface area contributed by atoms with E-state index in [2.05, 4.69) is 10.8 Å². The number of hydroxylamine groups is 1. The van der Waals surface area contributed by atoms with Gasteiger partial charge in [-0.05, 0) is 18.6 Å². The SMILES string of the molecule is CCCNC(=O)C(C#N)=C1NOc2ccccc21. The Morgan fingerprint density at radius 1 is 1.50 bits per heavy atom. The molecular weight excluding hydrogens is 230 g/mol. The van der Waals surface area contributed by atoms with Crippen LogP contribution in [0.5, 0.6) is 5.75 Å². The zero-order chi connectivity index (χ0) is 13.0. The van der Waals surface area contributed by atoms with Gasteiger partial charge in [0.1, 0.15) is 17.3 Å². The minimum absolute atomic E-state index is 0.0356. The van der Waals surface area contributed by atoms with Crippen molar-refractivity contribution in [1.29, 1.82) is 5.26 Å². The molecule has 0 bridgehead atoms.